The van der Waals surface area contributed by atoms with Gasteiger partial charge in [-0.25, -0.2) is 0 Å². The van der Waals surface area contributed by atoms with Crippen LogP contribution in [-0.4, -0.2) is 106 Å². The van der Waals surface area contributed by atoms with Gasteiger partial charge in [0.15, 0.2) is 38.7 Å². The van der Waals surface area contributed by atoms with E-state index in [9.17, 15) is 24.3 Å². The second-order valence-corrected chi connectivity index (χ2v) is 23.2. The van der Waals surface area contributed by atoms with Crippen molar-refractivity contribution in [1.82, 2.24) is 0 Å². The lowest BCUT2D eigenvalue weighted by Gasteiger charge is -2.45. The van der Waals surface area contributed by atoms with Gasteiger partial charge in [-0.15, -0.1) is 0 Å². The Bertz CT molecular complexity index is 1270. The molecule has 0 spiro atoms. The van der Waals surface area contributed by atoms with E-state index >= 15 is 0 Å². The summed E-state index contributed by atoms with van der Waals surface area (Å²) >= 11 is 0. The number of esters is 4. The maximum atomic E-state index is 13.6. The molecule has 0 bridgehead atoms. The molecule has 0 saturated carbocycles. The number of hydrogen-bond donors (Lipinski definition) is 1. The first-order valence-corrected chi connectivity index (χ1v) is 25.9. The highest BCUT2D eigenvalue weighted by Gasteiger charge is 2.55. The van der Waals surface area contributed by atoms with E-state index in [1.54, 1.807) is 13.8 Å². The minimum atomic E-state index is -2.25. The highest BCUT2D eigenvalue weighted by Crippen LogP contribution is 2.39. The first-order chi connectivity index (χ1) is 28.3. The lowest BCUT2D eigenvalue weighted by molar-refractivity contribution is -0.346. The Morgan fingerprint density at radius 1 is 0.617 bits per heavy atom. The Hall–Kier alpha value is -2.14. The summed E-state index contributed by atoms with van der Waals surface area (Å²) in [4.78, 5) is 53.5. The van der Waals surface area contributed by atoms with E-state index in [2.05, 4.69) is 40.8 Å². The Kier molecular flexibility index (Phi) is 24.4. The SMILES string of the molecule is CCCCCCCC(=O)O[C@@H]1[C@H](OC(O)[C@@H]2OC(C)(C)O[C@H]2CO[Si](C)(C)C(C)(C)C)O[C@H](COC(=O)CCCCC)[C@@H](OC(=O)CCCCC)[C@@H]1OC(=O)CCCCC. The van der Waals surface area contributed by atoms with E-state index < -0.39 is 93.8 Å². The molecule has 0 amide bonds. The van der Waals surface area contributed by atoms with E-state index in [0.717, 1.165) is 64.2 Å². The summed E-state index contributed by atoms with van der Waals surface area (Å²) in [5.74, 6) is -3.38. The third kappa shape index (κ3) is 19.1. The van der Waals surface area contributed by atoms with Crippen molar-refractivity contribution in [1.29, 1.82) is 0 Å². The topological polar surface area (TPSA) is 172 Å². The van der Waals surface area contributed by atoms with Gasteiger partial charge in [-0.05, 0) is 57.7 Å². The molecule has 0 aromatic heterocycles. The van der Waals surface area contributed by atoms with Gasteiger partial charge in [-0.2, -0.15) is 0 Å². The number of hydrogen-bond acceptors (Lipinski definition) is 14. The third-order valence-electron chi connectivity index (χ3n) is 11.4. The summed E-state index contributed by atoms with van der Waals surface area (Å²) in [6.07, 6.45) is 0.910. The molecule has 2 heterocycles. The molecule has 2 rings (SSSR count). The molecule has 0 aromatic rings. The van der Waals surface area contributed by atoms with Crippen molar-refractivity contribution >= 4 is 32.2 Å². The largest absolute Gasteiger partial charge is 0.463 e. The summed E-state index contributed by atoms with van der Waals surface area (Å²) in [5.41, 5.74) is 0. The highest BCUT2D eigenvalue weighted by atomic mass is 28.4. The van der Waals surface area contributed by atoms with Crippen LogP contribution in [0.4, 0.5) is 0 Å². The normalized spacial score (nSPS) is 24.8. The van der Waals surface area contributed by atoms with Crippen LogP contribution in [-0.2, 0) is 61.5 Å². The quantitative estimate of drug-likeness (QED) is 0.0248. The second kappa shape index (κ2) is 27.1. The summed E-state index contributed by atoms with van der Waals surface area (Å²) in [5, 5.41) is 11.8. The van der Waals surface area contributed by atoms with Crippen LogP contribution in [0.1, 0.15) is 178 Å². The van der Waals surface area contributed by atoms with Crippen molar-refractivity contribution in [2.45, 2.75) is 251 Å². The van der Waals surface area contributed by atoms with Crippen molar-refractivity contribution in [3.8, 4) is 0 Å². The molecule has 350 valence electrons. The molecule has 0 aromatic carbocycles. The van der Waals surface area contributed by atoms with Crippen LogP contribution in [0.15, 0.2) is 0 Å². The molecule has 1 N–H and O–H groups in total. The van der Waals surface area contributed by atoms with Gasteiger partial charge < -0.3 is 47.4 Å². The fourth-order valence-electron chi connectivity index (χ4n) is 6.79. The van der Waals surface area contributed by atoms with Crippen molar-refractivity contribution in [3.05, 3.63) is 0 Å². The molecule has 15 heteroatoms. The monoisotopic (exact) mass is 875 g/mol. The lowest BCUT2D eigenvalue weighted by Crippen LogP contribution is -2.64. The average molecular weight is 875 g/mol. The number of carbonyl (C=O) groups is 4. The zero-order chi connectivity index (χ0) is 44.9. The second-order valence-electron chi connectivity index (χ2n) is 18.4. The van der Waals surface area contributed by atoms with Gasteiger partial charge in [-0.3, -0.25) is 19.2 Å². The van der Waals surface area contributed by atoms with Crippen molar-refractivity contribution < 1.29 is 66.6 Å². The Morgan fingerprint density at radius 2 is 1.07 bits per heavy atom. The van der Waals surface area contributed by atoms with Crippen molar-refractivity contribution in [2.75, 3.05) is 13.2 Å². The zero-order valence-corrected chi connectivity index (χ0v) is 40.0. The molecular formula is C45H82O14Si. The molecule has 0 aliphatic carbocycles. The van der Waals surface area contributed by atoms with Gasteiger partial charge >= 0.3 is 23.9 Å². The van der Waals surface area contributed by atoms with Crippen LogP contribution in [0.25, 0.3) is 0 Å². The van der Waals surface area contributed by atoms with Crippen LogP contribution < -0.4 is 0 Å². The molecule has 2 fully saturated rings. The smallest absolute Gasteiger partial charge is 0.306 e. The molecule has 60 heavy (non-hydrogen) atoms. The Labute approximate surface area is 362 Å². The average Bonchev–Trinajstić information content (AvgIpc) is 3.49. The van der Waals surface area contributed by atoms with Crippen molar-refractivity contribution in [2.24, 2.45) is 0 Å². The molecule has 2 saturated heterocycles. The van der Waals surface area contributed by atoms with E-state index in [4.69, 9.17) is 42.3 Å². The first-order valence-electron chi connectivity index (χ1n) is 23.0. The van der Waals surface area contributed by atoms with Crippen LogP contribution in [0.5, 0.6) is 0 Å². The zero-order valence-electron chi connectivity index (χ0n) is 39.0. The van der Waals surface area contributed by atoms with Crippen LogP contribution in [0.3, 0.4) is 0 Å². The lowest BCUT2D eigenvalue weighted by atomic mass is 9.97. The summed E-state index contributed by atoms with van der Waals surface area (Å²) in [6.45, 7) is 21.9. The number of aliphatic hydroxyl groups is 1. The number of unbranched alkanes of at least 4 members (excludes halogenated alkanes) is 10. The minimum Gasteiger partial charge on any atom is -0.463 e. The summed E-state index contributed by atoms with van der Waals surface area (Å²) < 4.78 is 55.5. The van der Waals surface area contributed by atoms with Gasteiger partial charge in [0.05, 0.1) is 6.61 Å². The molecule has 8 atom stereocenters. The maximum absolute atomic E-state index is 13.6. The van der Waals surface area contributed by atoms with Gasteiger partial charge in [0.2, 0.25) is 6.29 Å². The molecule has 14 nitrogen and oxygen atoms in total. The van der Waals surface area contributed by atoms with E-state index in [1.165, 1.54) is 0 Å². The number of aliphatic hydroxyl groups excluding tert-OH is 1. The van der Waals surface area contributed by atoms with Crippen molar-refractivity contribution in [3.63, 3.8) is 0 Å². The highest BCUT2D eigenvalue weighted by molar-refractivity contribution is 6.74. The molecule has 0 radical (unpaired) electrons. The van der Waals surface area contributed by atoms with Gasteiger partial charge in [0, 0.05) is 25.7 Å². The summed E-state index contributed by atoms with van der Waals surface area (Å²) in [6, 6.07) is 0. The van der Waals surface area contributed by atoms with E-state index in [0.29, 0.717) is 25.7 Å². The van der Waals surface area contributed by atoms with E-state index in [-0.39, 0.29) is 37.3 Å². The van der Waals surface area contributed by atoms with Gasteiger partial charge in [0.1, 0.15) is 24.9 Å². The van der Waals surface area contributed by atoms with Gasteiger partial charge in [0.25, 0.3) is 0 Å². The fourth-order valence-corrected chi connectivity index (χ4v) is 7.80. The number of ether oxygens (including phenoxy) is 8. The molecular weight excluding hydrogens is 793 g/mol. The standard InChI is InChI=1S/C45H82O14Si/c1-12-16-20-21-25-29-37(49)56-41-40(55-36(48)28-24-19-15-4)38(54-35(47)27-23-18-14-3)32(30-51-34(46)26-22-17-13-2)53-43(41)57-42(50)39-33(58-45(8,9)59-39)31-52-60(10,11)44(5,6)7/h32-33,38-43,50H,12-31H2,1-11H3/t32-,33+,38-,39-,40+,41+,42?,43+/m1/s1. The minimum absolute atomic E-state index is 0.0595. The third-order valence-corrected chi connectivity index (χ3v) is 15.9. The Morgan fingerprint density at radius 3 is 1.58 bits per heavy atom. The van der Waals surface area contributed by atoms with Crippen LogP contribution in [0.2, 0.25) is 18.1 Å². The van der Waals surface area contributed by atoms with E-state index in [1.807, 2.05) is 20.8 Å². The predicted octanol–water partition coefficient (Wildman–Crippen LogP) is 8.97. The number of rotatable bonds is 29. The molecule has 2 aliphatic heterocycles. The summed E-state index contributed by atoms with van der Waals surface area (Å²) in [7, 11) is -2.25. The maximum Gasteiger partial charge on any atom is 0.306 e. The fraction of sp³-hybridized carbons (Fsp3) is 0.911. The molecule has 2 aliphatic rings. The van der Waals surface area contributed by atoms with Crippen LogP contribution >= 0.6 is 0 Å². The first kappa shape index (κ1) is 54.0. The number of carbonyl (C=O) groups excluding carboxylic acids is 4. The van der Waals surface area contributed by atoms with Gasteiger partial charge in [-0.1, -0.05) is 113 Å². The predicted molar refractivity (Wildman–Crippen MR) is 229 cm³/mol. The Balaban J connectivity index is 2.60. The van der Waals surface area contributed by atoms with Crippen LogP contribution in [0, 0.1) is 0 Å². The molecule has 1 unspecified atom stereocenters.